The molecule has 0 unspecified atom stereocenters. The maximum Gasteiger partial charge on any atom is 0.416 e. The number of nitro benzene ring substituents is 1. The molecule has 0 radical (unpaired) electrons. The molecule has 166 valence electrons. The van der Waals surface area contributed by atoms with Crippen molar-refractivity contribution in [1.29, 1.82) is 0 Å². The number of benzene rings is 2. The summed E-state index contributed by atoms with van der Waals surface area (Å²) in [5.41, 5.74) is -0.440. The van der Waals surface area contributed by atoms with Crippen LogP contribution in [0.15, 0.2) is 36.4 Å². The third-order valence-corrected chi connectivity index (χ3v) is 5.41. The van der Waals surface area contributed by atoms with Gasteiger partial charge in [0.1, 0.15) is 11.5 Å². The Morgan fingerprint density at radius 3 is 2.45 bits per heavy atom. The molecule has 6 nitrogen and oxygen atoms in total. The molecule has 2 aromatic carbocycles. The second kappa shape index (κ2) is 8.91. The molecule has 31 heavy (non-hydrogen) atoms. The summed E-state index contributed by atoms with van der Waals surface area (Å²) in [6.45, 7) is 2.42. The van der Waals surface area contributed by atoms with Crippen LogP contribution in [0.3, 0.4) is 0 Å². The molecule has 1 heterocycles. The minimum Gasteiger partial charge on any atom is -0.366 e. The number of rotatable bonds is 5. The summed E-state index contributed by atoms with van der Waals surface area (Å²) in [6.07, 6.45) is -3.88. The van der Waals surface area contributed by atoms with Gasteiger partial charge >= 0.3 is 6.18 Å². The van der Waals surface area contributed by atoms with Gasteiger partial charge in [-0.05, 0) is 49.1 Å². The van der Waals surface area contributed by atoms with Crippen molar-refractivity contribution in [2.45, 2.75) is 32.5 Å². The number of carbonyl (C=O) groups excluding carboxylic acids is 1. The molecule has 0 spiro atoms. The van der Waals surface area contributed by atoms with Crippen molar-refractivity contribution in [2.24, 2.45) is 5.92 Å². The van der Waals surface area contributed by atoms with Crippen LogP contribution in [-0.2, 0) is 17.5 Å². The fraction of sp³-hybridized carbons (Fsp3) is 0.381. The van der Waals surface area contributed by atoms with Crippen LogP contribution in [0.4, 0.5) is 28.9 Å². The predicted octanol–water partition coefficient (Wildman–Crippen LogP) is 4.59. The highest BCUT2D eigenvalue weighted by Gasteiger charge is 2.34. The Labute approximate surface area is 176 Å². The van der Waals surface area contributed by atoms with Gasteiger partial charge in [-0.2, -0.15) is 13.2 Å². The van der Waals surface area contributed by atoms with Crippen LogP contribution in [0.25, 0.3) is 0 Å². The summed E-state index contributed by atoms with van der Waals surface area (Å²) in [7, 11) is 0. The predicted molar refractivity (Wildman–Crippen MR) is 106 cm³/mol. The van der Waals surface area contributed by atoms with E-state index in [1.807, 2.05) is 0 Å². The molecule has 0 saturated carbocycles. The second-order valence-electron chi connectivity index (χ2n) is 7.52. The van der Waals surface area contributed by atoms with Gasteiger partial charge in [0.2, 0.25) is 5.91 Å². The zero-order valence-corrected chi connectivity index (χ0v) is 16.7. The second-order valence-corrected chi connectivity index (χ2v) is 7.52. The van der Waals surface area contributed by atoms with Crippen molar-refractivity contribution in [3.8, 4) is 0 Å². The molecule has 0 aliphatic carbocycles. The normalized spacial score (nSPS) is 15.1. The topological polar surface area (TPSA) is 75.5 Å². The van der Waals surface area contributed by atoms with E-state index in [1.54, 1.807) is 24.0 Å². The van der Waals surface area contributed by atoms with Crippen LogP contribution in [0.2, 0.25) is 0 Å². The summed E-state index contributed by atoms with van der Waals surface area (Å²) in [6, 6.07) is 7.18. The average molecular weight is 439 g/mol. The number of nitrogens with zero attached hydrogens (tertiary/aromatic N) is 2. The fourth-order valence-electron chi connectivity index (χ4n) is 3.58. The zero-order chi connectivity index (χ0) is 22.8. The Kier molecular flexibility index (Phi) is 6.47. The van der Waals surface area contributed by atoms with Gasteiger partial charge < -0.3 is 10.2 Å². The summed E-state index contributed by atoms with van der Waals surface area (Å²) >= 11 is 0. The molecular weight excluding hydrogens is 418 g/mol. The largest absolute Gasteiger partial charge is 0.416 e. The first-order chi connectivity index (χ1) is 14.6. The first kappa shape index (κ1) is 22.5. The van der Waals surface area contributed by atoms with Gasteiger partial charge in [-0.15, -0.1) is 0 Å². The van der Waals surface area contributed by atoms with Crippen LogP contribution < -0.4 is 10.2 Å². The maximum atomic E-state index is 13.6. The van der Waals surface area contributed by atoms with E-state index in [0.717, 1.165) is 12.1 Å². The van der Waals surface area contributed by atoms with Gasteiger partial charge in [0.25, 0.3) is 5.69 Å². The van der Waals surface area contributed by atoms with E-state index < -0.39 is 22.4 Å². The Hall–Kier alpha value is -3.17. The van der Waals surface area contributed by atoms with Crippen LogP contribution in [0.1, 0.15) is 29.5 Å². The van der Waals surface area contributed by atoms with Crippen molar-refractivity contribution in [3.63, 3.8) is 0 Å². The minimum atomic E-state index is -4.67. The van der Waals surface area contributed by atoms with Crippen molar-refractivity contribution in [1.82, 2.24) is 5.32 Å². The number of piperidine rings is 1. The number of alkyl halides is 3. The molecular formula is C21H21F4N3O3. The highest BCUT2D eigenvalue weighted by molar-refractivity contribution is 5.79. The van der Waals surface area contributed by atoms with Crippen LogP contribution >= 0.6 is 0 Å². The number of amides is 1. The van der Waals surface area contributed by atoms with E-state index in [9.17, 15) is 32.5 Å². The highest BCUT2D eigenvalue weighted by Crippen LogP contribution is 2.37. The Bertz CT molecular complexity index is 986. The number of anilines is 1. The highest BCUT2D eigenvalue weighted by atomic mass is 19.4. The summed E-state index contributed by atoms with van der Waals surface area (Å²) in [5, 5.41) is 14.1. The van der Waals surface area contributed by atoms with Crippen molar-refractivity contribution in [3.05, 3.63) is 69.0 Å². The maximum absolute atomic E-state index is 13.6. The minimum absolute atomic E-state index is 0.104. The molecule has 2 aromatic rings. The molecule has 0 aromatic heterocycles. The smallest absolute Gasteiger partial charge is 0.366 e. The van der Waals surface area contributed by atoms with Crippen LogP contribution in [-0.4, -0.2) is 23.9 Å². The van der Waals surface area contributed by atoms with Crippen molar-refractivity contribution in [2.75, 3.05) is 18.0 Å². The molecule has 1 saturated heterocycles. The molecule has 1 aliphatic rings. The van der Waals surface area contributed by atoms with Crippen molar-refractivity contribution >= 4 is 17.3 Å². The van der Waals surface area contributed by atoms with Gasteiger partial charge in [0.15, 0.2) is 0 Å². The average Bonchev–Trinajstić information content (AvgIpc) is 2.73. The molecule has 3 rings (SSSR count). The SMILES string of the molecule is Cc1ccc(CNC(=O)C2CCN(c3ccc(C(F)(F)F)cc3[N+](=O)[O-])CC2)cc1F. The lowest BCUT2D eigenvalue weighted by molar-refractivity contribution is -0.384. The number of carbonyl (C=O) groups is 1. The Morgan fingerprint density at radius 2 is 1.87 bits per heavy atom. The summed E-state index contributed by atoms with van der Waals surface area (Å²) < 4.78 is 52.3. The summed E-state index contributed by atoms with van der Waals surface area (Å²) in [5.74, 6) is -0.888. The molecule has 10 heteroatoms. The molecule has 1 amide bonds. The van der Waals surface area contributed by atoms with E-state index in [-0.39, 0.29) is 29.9 Å². The number of nitro groups is 1. The monoisotopic (exact) mass is 439 g/mol. The number of nitrogens with one attached hydrogen (secondary N) is 1. The lowest BCUT2D eigenvalue weighted by Gasteiger charge is -2.32. The molecule has 0 atom stereocenters. The number of aryl methyl sites for hydroxylation is 1. The van der Waals surface area contributed by atoms with Crippen molar-refractivity contribution < 1.29 is 27.3 Å². The molecule has 1 aliphatic heterocycles. The standard InChI is InChI=1S/C21H21F4N3O3/c1-13-2-3-14(10-17(13)22)12-26-20(29)15-6-8-27(9-7-15)18-5-4-16(21(23,24)25)11-19(18)28(30)31/h2-5,10-11,15H,6-9,12H2,1H3,(H,26,29). The number of hydrogen-bond acceptors (Lipinski definition) is 4. The number of halogens is 4. The van der Waals surface area contributed by atoms with Gasteiger partial charge in [0, 0.05) is 31.6 Å². The lowest BCUT2D eigenvalue weighted by atomic mass is 9.95. The zero-order valence-electron chi connectivity index (χ0n) is 16.7. The van der Waals surface area contributed by atoms with E-state index in [2.05, 4.69) is 5.32 Å². The fourth-order valence-corrected chi connectivity index (χ4v) is 3.58. The van der Waals surface area contributed by atoms with Gasteiger partial charge in [-0.1, -0.05) is 12.1 Å². The molecule has 1 fully saturated rings. The lowest BCUT2D eigenvalue weighted by Crippen LogP contribution is -2.40. The summed E-state index contributed by atoms with van der Waals surface area (Å²) in [4.78, 5) is 24.5. The van der Waals surface area contributed by atoms with Gasteiger partial charge in [0.05, 0.1) is 10.5 Å². The quantitative estimate of drug-likeness (QED) is 0.420. The van der Waals surface area contributed by atoms with E-state index in [4.69, 9.17) is 0 Å². The van der Waals surface area contributed by atoms with Crippen LogP contribution in [0, 0.1) is 28.8 Å². The van der Waals surface area contributed by atoms with E-state index in [0.29, 0.717) is 43.1 Å². The van der Waals surface area contributed by atoms with E-state index >= 15 is 0 Å². The van der Waals surface area contributed by atoms with E-state index in [1.165, 1.54) is 6.07 Å². The Morgan fingerprint density at radius 1 is 1.19 bits per heavy atom. The molecule has 0 bridgehead atoms. The molecule has 1 N–H and O–H groups in total. The third kappa shape index (κ3) is 5.31. The number of hydrogen-bond donors (Lipinski definition) is 1. The van der Waals surface area contributed by atoms with Crippen LogP contribution in [0.5, 0.6) is 0 Å². The third-order valence-electron chi connectivity index (χ3n) is 5.41. The Balaban J connectivity index is 1.61. The first-order valence-corrected chi connectivity index (χ1v) is 9.69. The van der Waals surface area contributed by atoms with Gasteiger partial charge in [-0.3, -0.25) is 14.9 Å². The first-order valence-electron chi connectivity index (χ1n) is 9.69. The van der Waals surface area contributed by atoms with Gasteiger partial charge in [-0.25, -0.2) is 4.39 Å².